The molecule has 20 heavy (non-hydrogen) atoms. The highest BCUT2D eigenvalue weighted by atomic mass is 32.2. The van der Waals surface area contributed by atoms with Gasteiger partial charge in [-0.15, -0.1) is 0 Å². The lowest BCUT2D eigenvalue weighted by atomic mass is 10.3. The van der Waals surface area contributed by atoms with E-state index in [0.29, 0.717) is 17.2 Å². The maximum absolute atomic E-state index is 11.4. The lowest BCUT2D eigenvalue weighted by Crippen LogP contribution is -2.00. The number of methoxy groups -OCH3 is 1. The molecule has 0 amide bonds. The zero-order valence-corrected chi connectivity index (χ0v) is 12.0. The van der Waals surface area contributed by atoms with Gasteiger partial charge in [-0.1, -0.05) is 6.07 Å². The number of nitrogens with two attached hydrogens (primary N) is 1. The van der Waals surface area contributed by atoms with E-state index in [4.69, 9.17) is 15.2 Å². The number of anilines is 1. The predicted octanol–water partition coefficient (Wildman–Crippen LogP) is 2.47. The smallest absolute Gasteiger partial charge is 0.175 e. The third kappa shape index (κ3) is 3.21. The van der Waals surface area contributed by atoms with Crippen molar-refractivity contribution in [3.63, 3.8) is 0 Å². The molecule has 2 aromatic rings. The maximum Gasteiger partial charge on any atom is 0.175 e. The van der Waals surface area contributed by atoms with Gasteiger partial charge in [-0.3, -0.25) is 0 Å². The van der Waals surface area contributed by atoms with Crippen molar-refractivity contribution in [2.75, 3.05) is 19.1 Å². The number of rotatable bonds is 4. The van der Waals surface area contributed by atoms with Crippen LogP contribution in [-0.2, 0) is 9.84 Å². The molecule has 0 unspecified atom stereocenters. The zero-order chi connectivity index (χ0) is 14.8. The molecule has 0 aromatic heterocycles. The van der Waals surface area contributed by atoms with Crippen LogP contribution in [0.4, 0.5) is 5.69 Å². The first-order valence-corrected chi connectivity index (χ1v) is 7.71. The van der Waals surface area contributed by atoms with Crippen LogP contribution in [0.2, 0.25) is 0 Å². The van der Waals surface area contributed by atoms with Gasteiger partial charge in [0.15, 0.2) is 9.84 Å². The molecule has 0 fully saturated rings. The minimum absolute atomic E-state index is 0.160. The van der Waals surface area contributed by atoms with Gasteiger partial charge in [-0.2, -0.15) is 0 Å². The highest BCUT2D eigenvalue weighted by molar-refractivity contribution is 7.90. The molecule has 0 aliphatic heterocycles. The van der Waals surface area contributed by atoms with Crippen molar-refractivity contribution in [3.8, 4) is 17.2 Å². The lowest BCUT2D eigenvalue weighted by molar-refractivity contribution is 0.409. The number of hydrogen-bond acceptors (Lipinski definition) is 5. The number of nitrogen functional groups attached to an aromatic ring is 1. The van der Waals surface area contributed by atoms with Gasteiger partial charge < -0.3 is 15.2 Å². The number of benzene rings is 2. The van der Waals surface area contributed by atoms with Crippen LogP contribution in [0.1, 0.15) is 0 Å². The molecule has 2 aromatic carbocycles. The first kappa shape index (κ1) is 14.2. The molecular formula is C14H15NO4S. The quantitative estimate of drug-likeness (QED) is 0.876. The molecule has 0 aliphatic rings. The van der Waals surface area contributed by atoms with E-state index in [1.54, 1.807) is 31.4 Å². The van der Waals surface area contributed by atoms with E-state index < -0.39 is 9.84 Å². The van der Waals surface area contributed by atoms with Crippen LogP contribution in [0.15, 0.2) is 47.4 Å². The van der Waals surface area contributed by atoms with Crippen LogP contribution in [0.3, 0.4) is 0 Å². The molecule has 2 rings (SSSR count). The van der Waals surface area contributed by atoms with Crippen LogP contribution >= 0.6 is 0 Å². The van der Waals surface area contributed by atoms with Crippen LogP contribution in [-0.4, -0.2) is 21.8 Å². The summed E-state index contributed by atoms with van der Waals surface area (Å²) in [5.74, 6) is 1.61. The number of ether oxygens (including phenoxy) is 2. The molecule has 0 bridgehead atoms. The standard InChI is InChI=1S/C14H15NO4S/c1-18-10-4-3-5-11(8-10)19-14-7-6-12(9-13(14)15)20(2,16)17/h3-9H,15H2,1-2H3. The summed E-state index contributed by atoms with van der Waals surface area (Å²) < 4.78 is 33.6. The summed E-state index contributed by atoms with van der Waals surface area (Å²) in [5.41, 5.74) is 6.08. The Kier molecular flexibility index (Phi) is 3.85. The Hall–Kier alpha value is -2.21. The van der Waals surface area contributed by atoms with Gasteiger partial charge in [0.2, 0.25) is 0 Å². The fourth-order valence-electron chi connectivity index (χ4n) is 1.64. The molecule has 0 radical (unpaired) electrons. The van der Waals surface area contributed by atoms with Crippen molar-refractivity contribution < 1.29 is 17.9 Å². The Morgan fingerprint density at radius 1 is 1.05 bits per heavy atom. The monoisotopic (exact) mass is 293 g/mol. The fourth-order valence-corrected chi connectivity index (χ4v) is 2.30. The minimum Gasteiger partial charge on any atom is -0.497 e. The topological polar surface area (TPSA) is 78.6 Å². The van der Waals surface area contributed by atoms with Crippen molar-refractivity contribution in [2.24, 2.45) is 0 Å². The van der Waals surface area contributed by atoms with Crippen molar-refractivity contribution in [2.45, 2.75) is 4.90 Å². The summed E-state index contributed by atoms with van der Waals surface area (Å²) in [7, 11) is -1.72. The molecule has 106 valence electrons. The molecule has 0 saturated carbocycles. The molecular weight excluding hydrogens is 278 g/mol. The van der Waals surface area contributed by atoms with Crippen LogP contribution in [0.25, 0.3) is 0 Å². The summed E-state index contributed by atoms with van der Waals surface area (Å²) in [6.45, 7) is 0. The average Bonchev–Trinajstić information content (AvgIpc) is 2.40. The summed E-state index contributed by atoms with van der Waals surface area (Å²) in [6, 6.07) is 11.4. The van der Waals surface area contributed by atoms with E-state index in [9.17, 15) is 8.42 Å². The molecule has 0 atom stereocenters. The van der Waals surface area contributed by atoms with Gasteiger partial charge in [0.1, 0.15) is 17.2 Å². The molecule has 0 aliphatic carbocycles. The predicted molar refractivity (Wildman–Crippen MR) is 77.0 cm³/mol. The largest absolute Gasteiger partial charge is 0.497 e. The Bertz CT molecular complexity index is 726. The van der Waals surface area contributed by atoms with Crippen LogP contribution in [0, 0.1) is 0 Å². The van der Waals surface area contributed by atoms with Crippen molar-refractivity contribution in [1.82, 2.24) is 0 Å². The van der Waals surface area contributed by atoms with E-state index in [-0.39, 0.29) is 10.6 Å². The molecule has 2 N–H and O–H groups in total. The SMILES string of the molecule is COc1cccc(Oc2ccc(S(C)(=O)=O)cc2N)c1. The highest BCUT2D eigenvalue weighted by Crippen LogP contribution is 2.31. The summed E-state index contributed by atoms with van der Waals surface area (Å²) in [5, 5.41) is 0. The van der Waals surface area contributed by atoms with Crippen molar-refractivity contribution >= 4 is 15.5 Å². The Morgan fingerprint density at radius 3 is 2.35 bits per heavy atom. The second-order valence-corrected chi connectivity index (χ2v) is 6.27. The van der Waals surface area contributed by atoms with Gasteiger partial charge in [0.05, 0.1) is 17.7 Å². The minimum atomic E-state index is -3.28. The second kappa shape index (κ2) is 5.42. The van der Waals surface area contributed by atoms with Crippen LogP contribution in [0.5, 0.6) is 17.2 Å². The fraction of sp³-hybridized carbons (Fsp3) is 0.143. The summed E-state index contributed by atoms with van der Waals surface area (Å²) in [6.07, 6.45) is 1.13. The third-order valence-electron chi connectivity index (χ3n) is 2.68. The van der Waals surface area contributed by atoms with Crippen molar-refractivity contribution in [1.29, 1.82) is 0 Å². The Morgan fingerprint density at radius 2 is 1.75 bits per heavy atom. The second-order valence-electron chi connectivity index (χ2n) is 4.25. The van der Waals surface area contributed by atoms with Gasteiger partial charge >= 0.3 is 0 Å². The molecule has 5 nitrogen and oxygen atoms in total. The first-order chi connectivity index (χ1) is 9.40. The van der Waals surface area contributed by atoms with E-state index in [2.05, 4.69) is 0 Å². The Labute approximate surface area is 117 Å². The third-order valence-corrected chi connectivity index (χ3v) is 3.79. The highest BCUT2D eigenvalue weighted by Gasteiger charge is 2.10. The first-order valence-electron chi connectivity index (χ1n) is 5.81. The molecule has 6 heteroatoms. The van der Waals surface area contributed by atoms with Gasteiger partial charge in [0, 0.05) is 12.3 Å². The van der Waals surface area contributed by atoms with Gasteiger partial charge in [-0.25, -0.2) is 8.42 Å². The van der Waals surface area contributed by atoms with E-state index in [1.165, 1.54) is 18.2 Å². The molecule has 0 spiro atoms. The van der Waals surface area contributed by atoms with E-state index in [0.717, 1.165) is 6.26 Å². The summed E-state index contributed by atoms with van der Waals surface area (Å²) in [4.78, 5) is 0.160. The molecule has 0 heterocycles. The van der Waals surface area contributed by atoms with E-state index in [1.807, 2.05) is 0 Å². The van der Waals surface area contributed by atoms with Crippen LogP contribution < -0.4 is 15.2 Å². The number of sulfone groups is 1. The number of hydrogen-bond donors (Lipinski definition) is 1. The lowest BCUT2D eigenvalue weighted by Gasteiger charge is -2.10. The normalized spacial score (nSPS) is 11.1. The summed E-state index contributed by atoms with van der Waals surface area (Å²) >= 11 is 0. The van der Waals surface area contributed by atoms with Gasteiger partial charge in [0.25, 0.3) is 0 Å². The maximum atomic E-state index is 11.4. The van der Waals surface area contributed by atoms with E-state index >= 15 is 0 Å². The zero-order valence-electron chi connectivity index (χ0n) is 11.2. The average molecular weight is 293 g/mol. The van der Waals surface area contributed by atoms with Crippen molar-refractivity contribution in [3.05, 3.63) is 42.5 Å². The Balaban J connectivity index is 2.30. The van der Waals surface area contributed by atoms with Gasteiger partial charge in [-0.05, 0) is 30.3 Å². The molecule has 0 saturated heterocycles.